The van der Waals surface area contributed by atoms with E-state index >= 15 is 0 Å². The van der Waals surface area contributed by atoms with Crippen LogP contribution in [0.4, 0.5) is 0 Å². The molecule has 102 valence electrons. The van der Waals surface area contributed by atoms with Gasteiger partial charge in [0.25, 0.3) is 0 Å². The van der Waals surface area contributed by atoms with Gasteiger partial charge in [0.1, 0.15) is 0 Å². The second-order valence-corrected chi connectivity index (χ2v) is 7.04. The molecular formula is C13H22N2O2S. The van der Waals surface area contributed by atoms with Crippen molar-refractivity contribution < 1.29 is 8.42 Å². The minimum absolute atomic E-state index is 0.280. The van der Waals surface area contributed by atoms with Gasteiger partial charge in [-0.3, -0.25) is 0 Å². The zero-order valence-corrected chi connectivity index (χ0v) is 12.4. The first-order chi connectivity index (χ1) is 8.06. The summed E-state index contributed by atoms with van der Waals surface area (Å²) >= 11 is 0. The second-order valence-electron chi connectivity index (χ2n) is 5.38. The minimum Gasteiger partial charge on any atom is -0.326 e. The number of hydrogen-bond acceptors (Lipinski definition) is 3. The van der Waals surface area contributed by atoms with E-state index in [1.54, 1.807) is 33.8 Å². The van der Waals surface area contributed by atoms with Crippen molar-refractivity contribution in [2.45, 2.75) is 51.1 Å². The summed E-state index contributed by atoms with van der Waals surface area (Å²) in [4.78, 5) is 0.316. The van der Waals surface area contributed by atoms with Gasteiger partial charge in [-0.2, -0.15) is 0 Å². The van der Waals surface area contributed by atoms with Gasteiger partial charge in [0.15, 0.2) is 0 Å². The molecule has 0 saturated heterocycles. The molecule has 0 fully saturated rings. The molecule has 0 heterocycles. The number of sulfonamides is 1. The summed E-state index contributed by atoms with van der Waals surface area (Å²) in [5.74, 6) is 0. The Balaban J connectivity index is 3.19. The fraction of sp³-hybridized carbons (Fsp3) is 0.538. The molecule has 0 aliphatic carbocycles. The number of benzene rings is 1. The molecule has 0 spiro atoms. The number of nitrogens with two attached hydrogens (primary N) is 1. The lowest BCUT2D eigenvalue weighted by Gasteiger charge is -2.30. The molecule has 1 rings (SSSR count). The third-order valence-corrected chi connectivity index (χ3v) is 4.98. The van der Waals surface area contributed by atoms with Gasteiger partial charge in [-0.05, 0) is 51.8 Å². The van der Waals surface area contributed by atoms with Crippen molar-refractivity contribution >= 4 is 10.0 Å². The van der Waals surface area contributed by atoms with Gasteiger partial charge in [0.2, 0.25) is 10.0 Å². The van der Waals surface area contributed by atoms with Crippen LogP contribution >= 0.6 is 0 Å². The van der Waals surface area contributed by atoms with Gasteiger partial charge in [0.05, 0.1) is 4.90 Å². The Hall–Kier alpha value is -0.910. The van der Waals surface area contributed by atoms with Gasteiger partial charge in [0, 0.05) is 11.6 Å². The molecule has 0 bridgehead atoms. The van der Waals surface area contributed by atoms with Gasteiger partial charge in [-0.25, -0.2) is 13.1 Å². The van der Waals surface area contributed by atoms with Gasteiger partial charge >= 0.3 is 0 Å². The zero-order valence-electron chi connectivity index (χ0n) is 11.6. The van der Waals surface area contributed by atoms with Gasteiger partial charge in [-0.1, -0.05) is 12.1 Å². The number of hydrogen-bond donors (Lipinski definition) is 2. The normalized spacial score (nSPS) is 14.6. The van der Waals surface area contributed by atoms with E-state index in [4.69, 9.17) is 5.73 Å². The molecule has 3 N–H and O–H groups in total. The third kappa shape index (κ3) is 3.31. The Labute approximate surface area is 110 Å². The Morgan fingerprint density at radius 3 is 2.33 bits per heavy atom. The minimum atomic E-state index is -3.55. The van der Waals surface area contributed by atoms with Crippen LogP contribution in [-0.4, -0.2) is 20.0 Å². The van der Waals surface area contributed by atoms with Crippen molar-refractivity contribution in [1.82, 2.24) is 4.72 Å². The second kappa shape index (κ2) is 4.99. The molecule has 1 unspecified atom stereocenters. The monoisotopic (exact) mass is 270 g/mol. The molecule has 5 heteroatoms. The summed E-state index contributed by atoms with van der Waals surface area (Å²) in [6.45, 7) is 8.99. The Bertz CT molecular complexity index is 534. The third-order valence-electron chi connectivity index (χ3n) is 3.17. The van der Waals surface area contributed by atoms with Crippen molar-refractivity contribution in [3.63, 3.8) is 0 Å². The predicted molar refractivity (Wildman–Crippen MR) is 74.0 cm³/mol. The van der Waals surface area contributed by atoms with Crippen LogP contribution in [-0.2, 0) is 10.0 Å². The van der Waals surface area contributed by atoms with E-state index in [0.29, 0.717) is 4.90 Å². The molecule has 4 nitrogen and oxygen atoms in total. The molecule has 0 amide bonds. The molecule has 0 saturated carbocycles. The molecule has 0 aliphatic rings. The highest BCUT2D eigenvalue weighted by Gasteiger charge is 2.30. The molecule has 1 atom stereocenters. The average molecular weight is 270 g/mol. The van der Waals surface area contributed by atoms with Crippen molar-refractivity contribution in [2.75, 3.05) is 0 Å². The molecule has 18 heavy (non-hydrogen) atoms. The SMILES string of the molecule is Cc1ccc(C)c(S(=O)(=O)NC(C)(C)C(C)N)c1. The zero-order chi connectivity index (χ0) is 14.1. The van der Waals surface area contributed by atoms with Crippen LogP contribution in [0.2, 0.25) is 0 Å². The Morgan fingerprint density at radius 2 is 1.83 bits per heavy atom. The van der Waals surface area contributed by atoms with E-state index in [0.717, 1.165) is 11.1 Å². The lowest BCUT2D eigenvalue weighted by atomic mass is 9.99. The van der Waals surface area contributed by atoms with Crippen molar-refractivity contribution in [3.05, 3.63) is 29.3 Å². The molecule has 0 radical (unpaired) electrons. The first kappa shape index (κ1) is 15.1. The van der Waals surface area contributed by atoms with Crippen LogP contribution in [0.1, 0.15) is 31.9 Å². The first-order valence-corrected chi connectivity index (χ1v) is 7.41. The summed E-state index contributed by atoms with van der Waals surface area (Å²) in [6, 6.07) is 5.10. The standard InChI is InChI=1S/C13H22N2O2S/c1-9-6-7-10(2)12(8-9)18(16,17)15-13(4,5)11(3)14/h6-8,11,15H,14H2,1-5H3. The lowest BCUT2D eigenvalue weighted by Crippen LogP contribution is -2.54. The summed E-state index contributed by atoms with van der Waals surface area (Å²) < 4.78 is 27.4. The van der Waals surface area contributed by atoms with Crippen LogP contribution in [0.3, 0.4) is 0 Å². The van der Waals surface area contributed by atoms with Crippen molar-refractivity contribution in [3.8, 4) is 0 Å². The fourth-order valence-electron chi connectivity index (χ4n) is 1.49. The summed E-state index contributed by atoms with van der Waals surface area (Å²) in [7, 11) is -3.55. The lowest BCUT2D eigenvalue weighted by molar-refractivity contribution is 0.387. The van der Waals surface area contributed by atoms with Crippen LogP contribution in [0, 0.1) is 13.8 Å². The Kier molecular flexibility index (Phi) is 4.20. The van der Waals surface area contributed by atoms with Crippen LogP contribution in [0.5, 0.6) is 0 Å². The molecule has 0 aliphatic heterocycles. The largest absolute Gasteiger partial charge is 0.326 e. The van der Waals surface area contributed by atoms with Crippen LogP contribution < -0.4 is 10.5 Å². The van der Waals surface area contributed by atoms with Crippen LogP contribution in [0.25, 0.3) is 0 Å². The summed E-state index contributed by atoms with van der Waals surface area (Å²) in [6.07, 6.45) is 0. The summed E-state index contributed by atoms with van der Waals surface area (Å²) in [5, 5.41) is 0. The van der Waals surface area contributed by atoms with Gasteiger partial charge < -0.3 is 5.73 Å². The highest BCUT2D eigenvalue weighted by Crippen LogP contribution is 2.19. The van der Waals surface area contributed by atoms with E-state index in [9.17, 15) is 8.42 Å². The highest BCUT2D eigenvalue weighted by molar-refractivity contribution is 7.89. The maximum Gasteiger partial charge on any atom is 0.241 e. The van der Waals surface area contributed by atoms with E-state index in [1.807, 2.05) is 19.1 Å². The van der Waals surface area contributed by atoms with Gasteiger partial charge in [-0.15, -0.1) is 0 Å². The smallest absolute Gasteiger partial charge is 0.241 e. The number of aryl methyl sites for hydroxylation is 2. The van der Waals surface area contributed by atoms with Crippen LogP contribution in [0.15, 0.2) is 23.1 Å². The van der Waals surface area contributed by atoms with E-state index in [2.05, 4.69) is 4.72 Å². The molecule has 1 aromatic rings. The quantitative estimate of drug-likeness (QED) is 0.875. The number of rotatable bonds is 4. The molecule has 0 aromatic heterocycles. The fourth-order valence-corrected chi connectivity index (χ4v) is 3.31. The maximum absolute atomic E-state index is 12.4. The van der Waals surface area contributed by atoms with E-state index in [-0.39, 0.29) is 6.04 Å². The van der Waals surface area contributed by atoms with Crippen molar-refractivity contribution in [2.24, 2.45) is 5.73 Å². The molecular weight excluding hydrogens is 248 g/mol. The Morgan fingerprint density at radius 1 is 1.28 bits per heavy atom. The van der Waals surface area contributed by atoms with Crippen molar-refractivity contribution in [1.29, 1.82) is 0 Å². The topological polar surface area (TPSA) is 72.2 Å². The molecule has 1 aromatic carbocycles. The van der Waals surface area contributed by atoms with E-state index in [1.165, 1.54) is 0 Å². The van der Waals surface area contributed by atoms with E-state index < -0.39 is 15.6 Å². The maximum atomic E-state index is 12.4. The predicted octanol–water partition coefficient (Wildman–Crippen LogP) is 1.71. The summed E-state index contributed by atoms with van der Waals surface area (Å²) in [5.41, 5.74) is 6.76. The number of nitrogens with one attached hydrogen (secondary N) is 1. The highest BCUT2D eigenvalue weighted by atomic mass is 32.2. The first-order valence-electron chi connectivity index (χ1n) is 5.93. The average Bonchev–Trinajstić information content (AvgIpc) is 2.19.